The Labute approximate surface area is 150 Å². The first-order valence-corrected chi connectivity index (χ1v) is 8.01. The smallest absolute Gasteiger partial charge is 0.267 e. The molecule has 0 aliphatic rings. The largest absolute Gasteiger partial charge is 0.347 e. The maximum absolute atomic E-state index is 12.4. The van der Waals surface area contributed by atoms with E-state index in [2.05, 4.69) is 5.32 Å². The van der Waals surface area contributed by atoms with Gasteiger partial charge in [-0.25, -0.2) is 0 Å². The fraction of sp³-hybridized carbons (Fsp3) is 0.111. The van der Waals surface area contributed by atoms with E-state index in [9.17, 15) is 10.1 Å². The van der Waals surface area contributed by atoms with Crippen LogP contribution in [0.4, 0.5) is 11.4 Å². The zero-order valence-electron chi connectivity index (χ0n) is 13.0. The molecule has 24 heavy (non-hydrogen) atoms. The van der Waals surface area contributed by atoms with Gasteiger partial charge in [-0.3, -0.25) is 4.79 Å². The molecule has 4 nitrogen and oxygen atoms in total. The zero-order valence-corrected chi connectivity index (χ0v) is 14.5. The number of nitriles is 1. The molecule has 1 amide bonds. The van der Waals surface area contributed by atoms with Gasteiger partial charge in [0, 0.05) is 18.4 Å². The van der Waals surface area contributed by atoms with Crippen molar-refractivity contribution in [2.45, 2.75) is 6.92 Å². The van der Waals surface area contributed by atoms with Gasteiger partial charge < -0.3 is 10.2 Å². The Morgan fingerprint density at radius 3 is 2.54 bits per heavy atom. The number of nitrogens with one attached hydrogen (secondary N) is 1. The Morgan fingerprint density at radius 2 is 1.92 bits per heavy atom. The predicted molar refractivity (Wildman–Crippen MR) is 98.2 cm³/mol. The van der Waals surface area contributed by atoms with Crippen LogP contribution < -0.4 is 10.2 Å². The standard InChI is InChI=1S/C18H15Cl2N3O/c1-2-23(14-7-4-3-5-8-14)12-13(11-21)18(24)22-16-10-6-9-15(19)17(16)20/h3-10,12H,2H2,1H3,(H,22,24)/b13-12-. The van der Waals surface area contributed by atoms with Crippen LogP contribution in [0.3, 0.4) is 0 Å². The average molecular weight is 360 g/mol. The highest BCUT2D eigenvalue weighted by molar-refractivity contribution is 6.44. The fourth-order valence-electron chi connectivity index (χ4n) is 2.05. The molecule has 122 valence electrons. The van der Waals surface area contributed by atoms with E-state index in [0.717, 1.165) is 5.69 Å². The summed E-state index contributed by atoms with van der Waals surface area (Å²) >= 11 is 12.0. The van der Waals surface area contributed by atoms with Crippen molar-refractivity contribution < 1.29 is 4.79 Å². The molecule has 0 heterocycles. The zero-order chi connectivity index (χ0) is 17.5. The third-order valence-corrected chi connectivity index (χ3v) is 4.10. The summed E-state index contributed by atoms with van der Waals surface area (Å²) in [7, 11) is 0. The van der Waals surface area contributed by atoms with Crippen LogP contribution in [0.25, 0.3) is 0 Å². The molecule has 0 unspecified atom stereocenters. The fourth-order valence-corrected chi connectivity index (χ4v) is 2.40. The summed E-state index contributed by atoms with van der Waals surface area (Å²) in [5, 5.41) is 12.5. The maximum Gasteiger partial charge on any atom is 0.267 e. The van der Waals surface area contributed by atoms with Gasteiger partial charge in [0.15, 0.2) is 0 Å². The number of carbonyl (C=O) groups excluding carboxylic acids is 1. The Bertz CT molecular complexity index is 798. The first-order chi connectivity index (χ1) is 11.6. The Balaban J connectivity index is 2.25. The summed E-state index contributed by atoms with van der Waals surface area (Å²) < 4.78 is 0. The molecule has 2 rings (SSSR count). The quantitative estimate of drug-likeness (QED) is 0.612. The maximum atomic E-state index is 12.4. The van der Waals surface area contributed by atoms with Crippen molar-refractivity contribution in [3.63, 3.8) is 0 Å². The van der Waals surface area contributed by atoms with Crippen LogP contribution in [0.1, 0.15) is 6.92 Å². The molecule has 0 aliphatic heterocycles. The lowest BCUT2D eigenvalue weighted by atomic mass is 10.2. The van der Waals surface area contributed by atoms with Gasteiger partial charge in [-0.2, -0.15) is 5.26 Å². The van der Waals surface area contributed by atoms with Crippen molar-refractivity contribution in [3.05, 3.63) is 70.3 Å². The minimum Gasteiger partial charge on any atom is -0.347 e. The minimum atomic E-state index is -0.545. The third-order valence-electron chi connectivity index (χ3n) is 3.28. The van der Waals surface area contributed by atoms with Crippen LogP contribution in [-0.2, 0) is 4.79 Å². The Kier molecular flexibility index (Phi) is 6.25. The first kappa shape index (κ1) is 17.9. The summed E-state index contributed by atoms with van der Waals surface area (Å²) in [5.41, 5.74) is 1.22. The molecule has 2 aromatic rings. The molecule has 1 N–H and O–H groups in total. The second kappa shape index (κ2) is 8.39. The van der Waals surface area contributed by atoms with Crippen molar-refractivity contribution >= 4 is 40.5 Å². The Morgan fingerprint density at radius 1 is 1.21 bits per heavy atom. The van der Waals surface area contributed by atoms with Crippen molar-refractivity contribution in [3.8, 4) is 6.07 Å². The van der Waals surface area contributed by atoms with E-state index in [4.69, 9.17) is 23.2 Å². The highest BCUT2D eigenvalue weighted by Crippen LogP contribution is 2.29. The number of para-hydroxylation sites is 1. The van der Waals surface area contributed by atoms with E-state index in [-0.39, 0.29) is 10.6 Å². The van der Waals surface area contributed by atoms with Crippen LogP contribution in [0.5, 0.6) is 0 Å². The van der Waals surface area contributed by atoms with E-state index in [1.54, 1.807) is 18.2 Å². The number of amides is 1. The lowest BCUT2D eigenvalue weighted by Crippen LogP contribution is -2.20. The molecule has 0 atom stereocenters. The summed E-state index contributed by atoms with van der Waals surface area (Å²) in [6, 6.07) is 16.3. The summed E-state index contributed by atoms with van der Waals surface area (Å²) in [5.74, 6) is -0.545. The van der Waals surface area contributed by atoms with Gasteiger partial charge in [0.25, 0.3) is 5.91 Å². The van der Waals surface area contributed by atoms with Crippen LogP contribution in [-0.4, -0.2) is 12.5 Å². The number of hydrogen-bond donors (Lipinski definition) is 1. The predicted octanol–water partition coefficient (Wildman–Crippen LogP) is 4.87. The lowest BCUT2D eigenvalue weighted by molar-refractivity contribution is -0.112. The van der Waals surface area contributed by atoms with Gasteiger partial charge in [-0.15, -0.1) is 0 Å². The molecule has 0 saturated heterocycles. The normalized spacial score (nSPS) is 10.8. The molecular formula is C18H15Cl2N3O. The van der Waals surface area contributed by atoms with E-state index >= 15 is 0 Å². The third kappa shape index (κ3) is 4.29. The van der Waals surface area contributed by atoms with Gasteiger partial charge in [0.05, 0.1) is 15.7 Å². The van der Waals surface area contributed by atoms with Crippen LogP contribution in [0.15, 0.2) is 60.3 Å². The first-order valence-electron chi connectivity index (χ1n) is 7.25. The lowest BCUT2D eigenvalue weighted by Gasteiger charge is -2.19. The SMILES string of the molecule is CCN(/C=C(/C#N)C(=O)Nc1cccc(Cl)c1Cl)c1ccccc1. The highest BCUT2D eigenvalue weighted by Gasteiger charge is 2.14. The van der Waals surface area contributed by atoms with Crippen LogP contribution in [0.2, 0.25) is 10.0 Å². The second-order valence-corrected chi connectivity index (χ2v) is 5.62. The van der Waals surface area contributed by atoms with Crippen LogP contribution >= 0.6 is 23.2 Å². The van der Waals surface area contributed by atoms with Crippen molar-refractivity contribution in [2.24, 2.45) is 0 Å². The van der Waals surface area contributed by atoms with Crippen LogP contribution in [0, 0.1) is 11.3 Å². The van der Waals surface area contributed by atoms with E-state index in [1.165, 1.54) is 6.20 Å². The number of halogens is 2. The van der Waals surface area contributed by atoms with Crippen molar-refractivity contribution in [1.29, 1.82) is 5.26 Å². The number of nitrogens with zero attached hydrogens (tertiary/aromatic N) is 2. The van der Waals surface area contributed by atoms with Gasteiger partial charge in [-0.05, 0) is 31.2 Å². The minimum absolute atomic E-state index is 0.0308. The van der Waals surface area contributed by atoms with Gasteiger partial charge in [0.1, 0.15) is 11.6 Å². The van der Waals surface area contributed by atoms with E-state index < -0.39 is 5.91 Å². The van der Waals surface area contributed by atoms with E-state index in [0.29, 0.717) is 17.3 Å². The van der Waals surface area contributed by atoms with Gasteiger partial charge in [0.2, 0.25) is 0 Å². The number of benzene rings is 2. The molecule has 0 spiro atoms. The van der Waals surface area contributed by atoms with E-state index in [1.807, 2.05) is 48.2 Å². The highest BCUT2D eigenvalue weighted by atomic mass is 35.5. The molecule has 0 aromatic heterocycles. The molecule has 0 aliphatic carbocycles. The molecular weight excluding hydrogens is 345 g/mol. The Hall–Kier alpha value is -2.48. The number of anilines is 2. The summed E-state index contributed by atoms with van der Waals surface area (Å²) in [4.78, 5) is 14.2. The number of rotatable bonds is 5. The monoisotopic (exact) mass is 359 g/mol. The second-order valence-electron chi connectivity index (χ2n) is 4.83. The van der Waals surface area contributed by atoms with Crippen molar-refractivity contribution in [1.82, 2.24) is 0 Å². The molecule has 2 aromatic carbocycles. The average Bonchev–Trinajstić information content (AvgIpc) is 2.60. The molecule has 0 bridgehead atoms. The number of carbonyl (C=O) groups is 1. The number of hydrogen-bond acceptors (Lipinski definition) is 3. The molecule has 0 fully saturated rings. The van der Waals surface area contributed by atoms with Gasteiger partial charge >= 0.3 is 0 Å². The molecule has 0 radical (unpaired) electrons. The van der Waals surface area contributed by atoms with Crippen molar-refractivity contribution in [2.75, 3.05) is 16.8 Å². The topological polar surface area (TPSA) is 56.1 Å². The molecule has 0 saturated carbocycles. The summed E-state index contributed by atoms with van der Waals surface area (Å²) in [6.45, 7) is 2.55. The molecule has 6 heteroatoms. The summed E-state index contributed by atoms with van der Waals surface area (Å²) in [6.07, 6.45) is 1.52. The van der Waals surface area contributed by atoms with Gasteiger partial charge in [-0.1, -0.05) is 47.5 Å².